The van der Waals surface area contributed by atoms with Crippen LogP contribution >= 0.6 is 15.9 Å². The Labute approximate surface area is 251 Å². The van der Waals surface area contributed by atoms with Gasteiger partial charge in [0.1, 0.15) is 17.7 Å². The van der Waals surface area contributed by atoms with E-state index in [0.29, 0.717) is 44.5 Å². The van der Waals surface area contributed by atoms with E-state index in [9.17, 15) is 9.18 Å². The Balaban J connectivity index is 1.55. The Kier molecular flexibility index (Phi) is 8.95. The number of carbonyl (C=O) groups excluding carboxylic acids is 1. The van der Waals surface area contributed by atoms with Gasteiger partial charge in [-0.25, -0.2) is 13.6 Å². The first-order valence-corrected chi connectivity index (χ1v) is 14.3. The fourth-order valence-corrected chi connectivity index (χ4v) is 5.11. The second kappa shape index (κ2) is 12.6. The maximum Gasteiger partial charge on any atom is 0.300 e. The lowest BCUT2D eigenvalue weighted by Crippen LogP contribution is -2.76. The largest absolute Gasteiger partial charge is 0.478 e. The summed E-state index contributed by atoms with van der Waals surface area (Å²) in [4.78, 5) is 28.5. The third-order valence-corrected chi connectivity index (χ3v) is 7.44. The lowest BCUT2D eigenvalue weighted by atomic mass is 9.93. The van der Waals surface area contributed by atoms with E-state index in [1.807, 2.05) is 16.9 Å². The molecule has 3 heterocycles. The summed E-state index contributed by atoms with van der Waals surface area (Å²) in [6, 6.07) is 7.37. The monoisotopic (exact) mass is 641 g/mol. The van der Waals surface area contributed by atoms with Crippen LogP contribution in [0.25, 0.3) is 11.3 Å². The lowest BCUT2D eigenvalue weighted by molar-refractivity contribution is -0.832. The number of halogens is 3. The summed E-state index contributed by atoms with van der Waals surface area (Å²) in [5.41, 5.74) is 3.85. The first-order valence-electron chi connectivity index (χ1n) is 13.5. The molecule has 9 nitrogen and oxygen atoms in total. The summed E-state index contributed by atoms with van der Waals surface area (Å²) in [5, 5.41) is 4.60. The van der Waals surface area contributed by atoms with Crippen LogP contribution in [0.5, 0.6) is 5.75 Å². The Hall–Kier alpha value is -3.74. The summed E-state index contributed by atoms with van der Waals surface area (Å²) in [6.45, 7) is 2.44. The van der Waals surface area contributed by atoms with Crippen molar-refractivity contribution in [1.82, 2.24) is 24.6 Å². The molecule has 1 unspecified atom stereocenters. The molecule has 0 bridgehead atoms. The Morgan fingerprint density at radius 2 is 2.00 bits per heavy atom. The molecule has 1 saturated carbocycles. The van der Waals surface area contributed by atoms with Crippen molar-refractivity contribution in [2.45, 2.75) is 38.8 Å². The maximum absolute atomic E-state index is 15.7. The van der Waals surface area contributed by atoms with Crippen molar-refractivity contribution in [1.29, 1.82) is 0 Å². The molecule has 2 N–H and O–H groups in total. The predicted octanol–water partition coefficient (Wildman–Crippen LogP) is 4.98. The number of ether oxygens (including phenoxy) is 1. The second-order valence-corrected chi connectivity index (χ2v) is 11.5. The summed E-state index contributed by atoms with van der Waals surface area (Å²) in [7, 11) is 4.85. The molecule has 0 aliphatic heterocycles. The van der Waals surface area contributed by atoms with Gasteiger partial charge in [0, 0.05) is 78.9 Å². The summed E-state index contributed by atoms with van der Waals surface area (Å²) < 4.78 is 39.0. The molecule has 220 valence electrons. The van der Waals surface area contributed by atoms with Crippen LogP contribution in [0.3, 0.4) is 0 Å². The highest BCUT2D eigenvalue weighted by Crippen LogP contribution is 2.37. The van der Waals surface area contributed by atoms with E-state index >= 15 is 4.39 Å². The molecule has 42 heavy (non-hydrogen) atoms. The van der Waals surface area contributed by atoms with Crippen molar-refractivity contribution < 1.29 is 28.6 Å². The number of carbonyl (C=O) groups is 1. The summed E-state index contributed by atoms with van der Waals surface area (Å²) in [6.07, 6.45) is 6.80. The van der Waals surface area contributed by atoms with E-state index in [1.165, 1.54) is 23.6 Å². The SMILES string of the molecule is CO[NH2+]c1ncc(Br)cc1OC(C)c1cc(F)cc(F)c1-c1ncccc1Cc1cn(CC2CC2)nc1C(=O)N(C)C. The van der Waals surface area contributed by atoms with Crippen LogP contribution in [0, 0.1) is 17.6 Å². The van der Waals surface area contributed by atoms with Gasteiger partial charge in [-0.1, -0.05) is 6.07 Å². The first-order chi connectivity index (χ1) is 20.1. The topological polar surface area (TPSA) is 99.0 Å². The van der Waals surface area contributed by atoms with Gasteiger partial charge in [0.25, 0.3) is 11.7 Å². The van der Waals surface area contributed by atoms with Crippen molar-refractivity contribution in [3.63, 3.8) is 0 Å². The molecular formula is C30H32BrF2N6O3+. The fraction of sp³-hybridized carbons (Fsp3) is 0.333. The number of pyridine rings is 2. The van der Waals surface area contributed by atoms with Crippen molar-refractivity contribution >= 4 is 27.7 Å². The molecular weight excluding hydrogens is 610 g/mol. The molecule has 3 aromatic heterocycles. The number of nitrogens with zero attached hydrogens (tertiary/aromatic N) is 5. The Morgan fingerprint density at radius 3 is 2.71 bits per heavy atom. The average molecular weight is 643 g/mol. The van der Waals surface area contributed by atoms with Gasteiger partial charge in [-0.05, 0) is 59.3 Å². The molecule has 12 heteroatoms. The number of quaternary nitrogens is 1. The molecule has 0 saturated heterocycles. The van der Waals surface area contributed by atoms with E-state index in [-0.39, 0.29) is 23.5 Å². The molecule has 0 radical (unpaired) electrons. The van der Waals surface area contributed by atoms with Crippen molar-refractivity contribution in [3.8, 4) is 17.0 Å². The minimum Gasteiger partial charge on any atom is -0.478 e. The van der Waals surface area contributed by atoms with Crippen LogP contribution in [-0.4, -0.2) is 51.8 Å². The van der Waals surface area contributed by atoms with Crippen LogP contribution in [0.1, 0.15) is 53.0 Å². The lowest BCUT2D eigenvalue weighted by Gasteiger charge is -2.20. The van der Waals surface area contributed by atoms with Crippen LogP contribution in [0.2, 0.25) is 0 Å². The van der Waals surface area contributed by atoms with Gasteiger partial charge in [-0.2, -0.15) is 15.6 Å². The zero-order valence-corrected chi connectivity index (χ0v) is 25.4. The van der Waals surface area contributed by atoms with Gasteiger partial charge in [-0.15, -0.1) is 0 Å². The molecule has 1 aliphatic carbocycles. The number of hydrogen-bond donors (Lipinski definition) is 1. The van der Waals surface area contributed by atoms with E-state index in [4.69, 9.17) is 9.57 Å². The fourth-order valence-electron chi connectivity index (χ4n) is 4.80. The zero-order chi connectivity index (χ0) is 30.0. The number of nitrogens with two attached hydrogens (primary N) is 1. The second-order valence-electron chi connectivity index (χ2n) is 10.6. The van der Waals surface area contributed by atoms with Crippen molar-refractivity contribution in [2.24, 2.45) is 5.92 Å². The number of amides is 1. The van der Waals surface area contributed by atoms with Gasteiger partial charge >= 0.3 is 0 Å². The normalized spacial score (nSPS) is 13.7. The van der Waals surface area contributed by atoms with Crippen molar-refractivity contribution in [2.75, 3.05) is 21.2 Å². The number of aromatic nitrogens is 4. The molecule has 1 aromatic carbocycles. The van der Waals surface area contributed by atoms with Crippen molar-refractivity contribution in [3.05, 3.63) is 87.4 Å². The van der Waals surface area contributed by atoms with E-state index in [1.54, 1.807) is 45.5 Å². The highest BCUT2D eigenvalue weighted by atomic mass is 79.9. The minimum atomic E-state index is -0.799. The quantitative estimate of drug-likeness (QED) is 0.232. The van der Waals surface area contributed by atoms with Gasteiger partial charge in [0.2, 0.25) is 5.75 Å². The zero-order valence-electron chi connectivity index (χ0n) is 23.8. The summed E-state index contributed by atoms with van der Waals surface area (Å²) in [5.74, 6) is -0.377. The number of hydrogen-bond acceptors (Lipinski definition) is 6. The van der Waals surface area contributed by atoms with Crippen LogP contribution in [-0.2, 0) is 17.8 Å². The van der Waals surface area contributed by atoms with E-state index < -0.39 is 17.7 Å². The van der Waals surface area contributed by atoms with Crippen LogP contribution in [0.15, 0.2) is 53.4 Å². The summed E-state index contributed by atoms with van der Waals surface area (Å²) >= 11 is 3.39. The van der Waals surface area contributed by atoms with E-state index in [0.717, 1.165) is 25.5 Å². The van der Waals surface area contributed by atoms with Crippen LogP contribution < -0.4 is 10.2 Å². The first kappa shape index (κ1) is 29.7. The van der Waals surface area contributed by atoms with Gasteiger partial charge in [0.05, 0.1) is 12.8 Å². The molecule has 0 spiro atoms. The highest BCUT2D eigenvalue weighted by Gasteiger charge is 2.27. The van der Waals surface area contributed by atoms with Gasteiger partial charge in [-0.3, -0.25) is 14.5 Å². The predicted molar refractivity (Wildman–Crippen MR) is 155 cm³/mol. The molecule has 1 amide bonds. The van der Waals surface area contributed by atoms with Gasteiger partial charge in [0.15, 0.2) is 5.69 Å². The third kappa shape index (κ3) is 6.66. The third-order valence-electron chi connectivity index (χ3n) is 7.00. The number of benzene rings is 1. The average Bonchev–Trinajstić information content (AvgIpc) is 3.68. The van der Waals surface area contributed by atoms with Crippen LogP contribution in [0.4, 0.5) is 14.6 Å². The number of rotatable bonds is 11. The Morgan fingerprint density at radius 1 is 1.21 bits per heavy atom. The smallest absolute Gasteiger partial charge is 0.300 e. The molecule has 5 rings (SSSR count). The molecule has 1 atom stereocenters. The minimum absolute atomic E-state index is 0.116. The Bertz CT molecular complexity index is 1610. The highest BCUT2D eigenvalue weighted by molar-refractivity contribution is 9.10. The van der Waals surface area contributed by atoms with E-state index in [2.05, 4.69) is 31.0 Å². The molecule has 1 fully saturated rings. The molecule has 4 aromatic rings. The standard InChI is InChI=1S/C30H31BrF2N6O3/c1-17(42-25-11-21(31)14-35-29(25)37-41-4)23-12-22(32)13-24(33)26(23)27-19(6-5-9-34-27)10-20-16-39(15-18-7-8-18)36-28(20)30(40)38(2)3/h5-6,9,11-14,16-18H,7-8,10,15H2,1-4H3,(H,35,37)/p+1. The maximum atomic E-state index is 15.7. The molecule has 1 aliphatic rings. The van der Waals surface area contributed by atoms with Gasteiger partial charge < -0.3 is 9.64 Å².